The molecular formula is C20H18BrClFN3O3S2. The molecule has 2 aliphatic heterocycles. The van der Waals surface area contributed by atoms with Crippen molar-refractivity contribution in [2.45, 2.75) is 19.0 Å². The lowest BCUT2D eigenvalue weighted by Gasteiger charge is -2.26. The van der Waals surface area contributed by atoms with Gasteiger partial charge in [0.05, 0.1) is 35.0 Å². The van der Waals surface area contributed by atoms with Crippen LogP contribution in [0.25, 0.3) is 0 Å². The van der Waals surface area contributed by atoms with Gasteiger partial charge >= 0.3 is 0 Å². The number of benzene rings is 2. The predicted octanol–water partition coefficient (Wildman–Crippen LogP) is 4.26. The second kappa shape index (κ2) is 8.73. The first-order chi connectivity index (χ1) is 14.6. The number of carbonyl (C=O) groups is 1. The van der Waals surface area contributed by atoms with Crippen LogP contribution in [0.5, 0.6) is 0 Å². The van der Waals surface area contributed by atoms with E-state index in [9.17, 15) is 17.6 Å². The number of fused-ring (bicyclic) bond motifs is 1. The molecule has 0 aliphatic carbocycles. The third-order valence-corrected chi connectivity index (χ3v) is 8.72. The zero-order valence-electron chi connectivity index (χ0n) is 16.3. The molecule has 0 bridgehead atoms. The second-order valence-corrected chi connectivity index (χ2v) is 11.8. The molecule has 2 aromatic carbocycles. The first-order valence-electron chi connectivity index (χ1n) is 9.35. The van der Waals surface area contributed by atoms with E-state index in [0.29, 0.717) is 20.4 Å². The van der Waals surface area contributed by atoms with Crippen LogP contribution in [0, 0.1) is 12.7 Å². The molecule has 0 unspecified atom stereocenters. The number of halogens is 3. The Morgan fingerprint density at radius 3 is 2.87 bits per heavy atom. The van der Waals surface area contributed by atoms with E-state index in [-0.39, 0.29) is 28.9 Å². The molecule has 0 spiro atoms. The maximum absolute atomic E-state index is 14.7. The number of thioether (sulfide) groups is 1. The average Bonchev–Trinajstić information content (AvgIpc) is 3.15. The summed E-state index contributed by atoms with van der Waals surface area (Å²) in [5.41, 5.74) is 1.62. The summed E-state index contributed by atoms with van der Waals surface area (Å²) in [5.74, 6) is -0.907. The molecule has 1 amide bonds. The Morgan fingerprint density at radius 1 is 1.35 bits per heavy atom. The first kappa shape index (κ1) is 22.6. The number of nitrogens with zero attached hydrogens (tertiary/aromatic N) is 2. The number of amides is 1. The van der Waals surface area contributed by atoms with Crippen molar-refractivity contribution < 1.29 is 17.6 Å². The van der Waals surface area contributed by atoms with E-state index in [1.807, 2.05) is 6.92 Å². The number of hydrogen-bond acceptors (Lipinski definition) is 6. The van der Waals surface area contributed by atoms with Crippen molar-refractivity contribution in [3.05, 3.63) is 57.3 Å². The van der Waals surface area contributed by atoms with E-state index in [4.69, 9.17) is 11.6 Å². The number of anilines is 2. The van der Waals surface area contributed by atoms with Crippen LogP contribution in [0.3, 0.4) is 0 Å². The number of nitrogens with one attached hydrogen (secondary N) is 1. The Bertz CT molecular complexity index is 1190. The molecule has 1 saturated heterocycles. The molecule has 31 heavy (non-hydrogen) atoms. The van der Waals surface area contributed by atoms with Crippen LogP contribution in [0.1, 0.15) is 5.56 Å². The summed E-state index contributed by atoms with van der Waals surface area (Å²) in [6.45, 7) is 1.81. The van der Waals surface area contributed by atoms with Crippen molar-refractivity contribution >= 4 is 71.6 Å². The smallest absolute Gasteiger partial charge is 0.234 e. The molecule has 6 nitrogen and oxygen atoms in total. The molecule has 2 aromatic rings. The summed E-state index contributed by atoms with van der Waals surface area (Å²) in [7, 11) is -3.25. The van der Waals surface area contributed by atoms with Gasteiger partial charge in [0.2, 0.25) is 5.91 Å². The van der Waals surface area contributed by atoms with Gasteiger partial charge in [-0.2, -0.15) is 0 Å². The maximum Gasteiger partial charge on any atom is 0.234 e. The summed E-state index contributed by atoms with van der Waals surface area (Å²) < 4.78 is 39.5. The van der Waals surface area contributed by atoms with Crippen LogP contribution in [0.4, 0.5) is 15.8 Å². The van der Waals surface area contributed by atoms with E-state index in [1.54, 1.807) is 35.2 Å². The van der Waals surface area contributed by atoms with Gasteiger partial charge in [-0.1, -0.05) is 45.4 Å². The highest BCUT2D eigenvalue weighted by Gasteiger charge is 2.47. The highest BCUT2D eigenvalue weighted by atomic mass is 79.9. The molecule has 2 aliphatic rings. The van der Waals surface area contributed by atoms with E-state index in [2.05, 4.69) is 26.2 Å². The van der Waals surface area contributed by atoms with Crippen LogP contribution < -0.4 is 10.2 Å². The fourth-order valence-corrected chi connectivity index (χ4v) is 6.92. The first-order valence-corrected chi connectivity index (χ1v) is 13.3. The Balaban J connectivity index is 1.54. The van der Waals surface area contributed by atoms with Crippen LogP contribution in [0.15, 0.2) is 45.9 Å². The SMILES string of the molecule is Cc1c(Cl)cccc1NC(=O)CSC1=N[C@H]2CS(=O)(=O)C[C@@H]2N1c1ccc(Br)cc1F. The lowest BCUT2D eigenvalue weighted by molar-refractivity contribution is -0.113. The number of hydrogen-bond donors (Lipinski definition) is 1. The van der Waals surface area contributed by atoms with E-state index in [1.165, 1.54) is 6.07 Å². The third-order valence-electron chi connectivity index (χ3n) is 5.15. The van der Waals surface area contributed by atoms with Crippen molar-refractivity contribution in [3.8, 4) is 0 Å². The van der Waals surface area contributed by atoms with Gasteiger partial charge in [0.1, 0.15) is 5.82 Å². The Hall–Kier alpha value is -1.62. The van der Waals surface area contributed by atoms with Gasteiger partial charge in [0.15, 0.2) is 15.0 Å². The lowest BCUT2D eigenvalue weighted by atomic mass is 10.1. The Labute approximate surface area is 197 Å². The summed E-state index contributed by atoms with van der Waals surface area (Å²) >= 11 is 10.5. The van der Waals surface area contributed by atoms with E-state index < -0.39 is 27.7 Å². The largest absolute Gasteiger partial charge is 0.325 e. The van der Waals surface area contributed by atoms with Crippen molar-refractivity contribution in [1.29, 1.82) is 0 Å². The normalized spacial score (nSPS) is 21.7. The van der Waals surface area contributed by atoms with Crippen molar-refractivity contribution in [2.75, 3.05) is 27.5 Å². The van der Waals surface area contributed by atoms with Crippen molar-refractivity contribution in [3.63, 3.8) is 0 Å². The van der Waals surface area contributed by atoms with Crippen LogP contribution in [0.2, 0.25) is 5.02 Å². The van der Waals surface area contributed by atoms with E-state index in [0.717, 1.165) is 17.3 Å². The van der Waals surface area contributed by atoms with Gasteiger partial charge in [-0.25, -0.2) is 12.8 Å². The van der Waals surface area contributed by atoms with Crippen LogP contribution >= 0.6 is 39.3 Å². The van der Waals surface area contributed by atoms with Crippen molar-refractivity contribution in [2.24, 2.45) is 4.99 Å². The minimum Gasteiger partial charge on any atom is -0.325 e. The highest BCUT2D eigenvalue weighted by Crippen LogP contribution is 2.37. The summed E-state index contributed by atoms with van der Waals surface area (Å²) in [5, 5.41) is 3.80. The van der Waals surface area contributed by atoms with Gasteiger partial charge < -0.3 is 10.2 Å². The molecule has 11 heteroatoms. The zero-order valence-corrected chi connectivity index (χ0v) is 20.3. The molecule has 164 valence electrons. The number of aliphatic imine (C=N–C) groups is 1. The fourth-order valence-electron chi connectivity index (χ4n) is 3.65. The molecule has 1 N–H and O–H groups in total. The minimum atomic E-state index is -3.25. The monoisotopic (exact) mass is 545 g/mol. The number of carbonyl (C=O) groups excluding carboxylic acids is 1. The molecule has 0 saturated carbocycles. The minimum absolute atomic E-state index is 0.0334. The van der Waals surface area contributed by atoms with Gasteiger partial charge in [-0.05, 0) is 42.8 Å². The highest BCUT2D eigenvalue weighted by molar-refractivity contribution is 9.10. The Morgan fingerprint density at radius 2 is 2.13 bits per heavy atom. The lowest BCUT2D eigenvalue weighted by Crippen LogP contribution is -2.40. The molecule has 0 aromatic heterocycles. The molecule has 0 radical (unpaired) electrons. The second-order valence-electron chi connectivity index (χ2n) is 7.34. The van der Waals surface area contributed by atoms with Crippen LogP contribution in [-0.2, 0) is 14.6 Å². The number of amidine groups is 1. The summed E-state index contributed by atoms with van der Waals surface area (Å²) in [4.78, 5) is 18.6. The van der Waals surface area contributed by atoms with Gasteiger partial charge in [-0.15, -0.1) is 0 Å². The maximum atomic E-state index is 14.7. The standard InChI is InChI=1S/C20H18BrClFN3O3S2/c1-11-13(22)3-2-4-15(11)24-19(27)8-30-20-25-16-9-31(28,29)10-18(16)26(20)17-6-5-12(21)7-14(17)23/h2-7,16,18H,8-10H2,1H3,(H,24,27)/t16-,18-/m0/s1. The number of rotatable bonds is 4. The molecular weight excluding hydrogens is 529 g/mol. The topological polar surface area (TPSA) is 78.8 Å². The summed E-state index contributed by atoms with van der Waals surface area (Å²) in [6, 6.07) is 8.88. The fraction of sp³-hybridized carbons (Fsp3) is 0.300. The van der Waals surface area contributed by atoms with Crippen LogP contribution in [-0.4, -0.2) is 48.8 Å². The molecule has 1 fully saturated rings. The van der Waals surface area contributed by atoms with Crippen molar-refractivity contribution in [1.82, 2.24) is 0 Å². The third kappa shape index (κ3) is 4.76. The quantitative estimate of drug-likeness (QED) is 0.620. The predicted molar refractivity (Wildman–Crippen MR) is 128 cm³/mol. The molecule has 4 rings (SSSR count). The van der Waals surface area contributed by atoms with Gasteiger partial charge in [0.25, 0.3) is 0 Å². The number of sulfone groups is 1. The molecule has 2 heterocycles. The Kier molecular flexibility index (Phi) is 6.35. The van der Waals surface area contributed by atoms with Gasteiger partial charge in [0, 0.05) is 15.2 Å². The zero-order chi connectivity index (χ0) is 22.3. The van der Waals surface area contributed by atoms with E-state index >= 15 is 0 Å². The van der Waals surface area contributed by atoms with Gasteiger partial charge in [-0.3, -0.25) is 9.79 Å². The molecule has 2 atom stereocenters. The summed E-state index contributed by atoms with van der Waals surface area (Å²) in [6.07, 6.45) is 0. The average molecular weight is 547 g/mol.